The minimum Gasteiger partial charge on any atom is -0.335 e. The molecule has 0 saturated heterocycles. The van der Waals surface area contributed by atoms with Crippen LogP contribution in [0.25, 0.3) is 0 Å². The van der Waals surface area contributed by atoms with Gasteiger partial charge in [0.15, 0.2) is 0 Å². The highest BCUT2D eigenvalue weighted by molar-refractivity contribution is 8.00. The Kier molecular flexibility index (Phi) is 6.32. The molecule has 0 spiro atoms. The van der Waals surface area contributed by atoms with Crippen LogP contribution in [0.5, 0.6) is 0 Å². The summed E-state index contributed by atoms with van der Waals surface area (Å²) in [5, 5.41) is 6.10. The zero-order valence-corrected chi connectivity index (χ0v) is 18.4. The van der Waals surface area contributed by atoms with Crippen LogP contribution in [0.4, 0.5) is 16.2 Å². The molecule has 1 aliphatic carbocycles. The summed E-state index contributed by atoms with van der Waals surface area (Å²) < 4.78 is 0. The Morgan fingerprint density at radius 2 is 1.90 bits per heavy atom. The van der Waals surface area contributed by atoms with E-state index in [0.717, 1.165) is 29.0 Å². The van der Waals surface area contributed by atoms with Gasteiger partial charge in [-0.2, -0.15) is 0 Å². The summed E-state index contributed by atoms with van der Waals surface area (Å²) in [6.45, 7) is 4.79. The van der Waals surface area contributed by atoms with Crippen molar-refractivity contribution in [1.29, 1.82) is 0 Å². The van der Waals surface area contributed by atoms with Crippen molar-refractivity contribution in [2.24, 2.45) is 5.92 Å². The molecule has 1 heterocycles. The van der Waals surface area contributed by atoms with Crippen LogP contribution in [0.1, 0.15) is 43.7 Å². The quantitative estimate of drug-likeness (QED) is 0.698. The van der Waals surface area contributed by atoms with E-state index in [2.05, 4.69) is 48.7 Å². The van der Waals surface area contributed by atoms with E-state index in [1.54, 1.807) is 11.8 Å². The monoisotopic (exact) mass is 423 g/mol. The van der Waals surface area contributed by atoms with Gasteiger partial charge in [0.2, 0.25) is 5.91 Å². The Balaban J connectivity index is 1.49. The molecule has 158 valence electrons. The molecule has 2 N–H and O–H groups in total. The number of anilines is 2. The lowest BCUT2D eigenvalue weighted by molar-refractivity contribution is -0.116. The van der Waals surface area contributed by atoms with Crippen LogP contribution in [0.2, 0.25) is 0 Å². The fraction of sp³-hybridized carbons (Fsp3) is 0.417. The highest BCUT2D eigenvalue weighted by atomic mass is 32.2. The number of urea groups is 1. The van der Waals surface area contributed by atoms with E-state index in [9.17, 15) is 9.59 Å². The zero-order valence-electron chi connectivity index (χ0n) is 17.6. The molecule has 0 bridgehead atoms. The maximum absolute atomic E-state index is 12.7. The summed E-state index contributed by atoms with van der Waals surface area (Å²) in [6.07, 6.45) is 4.61. The molecule has 0 radical (unpaired) electrons. The number of carbonyl (C=O) groups is 2. The number of thioether (sulfide) groups is 1. The number of fused-ring (bicyclic) bond motifs is 1. The van der Waals surface area contributed by atoms with Crippen LogP contribution < -0.4 is 15.5 Å². The third-order valence-electron chi connectivity index (χ3n) is 6.05. The summed E-state index contributed by atoms with van der Waals surface area (Å²) >= 11 is 1.55. The second-order valence-electron chi connectivity index (χ2n) is 8.40. The standard InChI is InChI=1S/C24H29N3O2S/c1-16-7-9-18(10-8-16)14-27-21-13-19(11-12-22(21)30-15-23(27)28)25-24(29)26-20-6-4-3-5-17(20)2/h7-13,17,20H,3-6,14-15H2,1-2H3,(H2,25,26,29). The van der Waals surface area contributed by atoms with E-state index in [-0.39, 0.29) is 18.0 Å². The Hall–Kier alpha value is -2.47. The van der Waals surface area contributed by atoms with Crippen molar-refractivity contribution in [3.63, 3.8) is 0 Å². The summed E-state index contributed by atoms with van der Waals surface area (Å²) in [5.74, 6) is 1.03. The molecule has 4 rings (SSSR count). The van der Waals surface area contributed by atoms with Crippen LogP contribution >= 0.6 is 11.8 Å². The lowest BCUT2D eigenvalue weighted by Crippen LogP contribution is -2.43. The van der Waals surface area contributed by atoms with Crippen molar-refractivity contribution >= 4 is 35.1 Å². The van der Waals surface area contributed by atoms with E-state index < -0.39 is 0 Å². The van der Waals surface area contributed by atoms with E-state index in [1.165, 1.54) is 18.4 Å². The molecule has 2 aromatic carbocycles. The smallest absolute Gasteiger partial charge is 0.319 e. The zero-order chi connectivity index (χ0) is 21.1. The van der Waals surface area contributed by atoms with E-state index in [0.29, 0.717) is 23.9 Å². The lowest BCUT2D eigenvalue weighted by atomic mass is 9.86. The average Bonchev–Trinajstić information content (AvgIpc) is 2.73. The maximum Gasteiger partial charge on any atom is 0.319 e. The predicted molar refractivity (Wildman–Crippen MR) is 123 cm³/mol. The summed E-state index contributed by atoms with van der Waals surface area (Å²) in [5.41, 5.74) is 3.86. The number of carbonyl (C=O) groups excluding carboxylic acids is 2. The van der Waals surface area contributed by atoms with Gasteiger partial charge in [0.1, 0.15) is 0 Å². The molecule has 1 saturated carbocycles. The van der Waals surface area contributed by atoms with Crippen LogP contribution in [0.15, 0.2) is 47.4 Å². The van der Waals surface area contributed by atoms with E-state index in [4.69, 9.17) is 0 Å². The first-order valence-corrected chi connectivity index (χ1v) is 11.7. The third-order valence-corrected chi connectivity index (χ3v) is 7.10. The number of rotatable bonds is 4. The molecule has 2 aliphatic rings. The van der Waals surface area contributed by atoms with Gasteiger partial charge in [-0.3, -0.25) is 4.79 Å². The van der Waals surface area contributed by atoms with Gasteiger partial charge in [-0.25, -0.2) is 4.79 Å². The molecule has 1 fully saturated rings. The summed E-state index contributed by atoms with van der Waals surface area (Å²) in [7, 11) is 0. The first kappa shape index (κ1) is 20.8. The van der Waals surface area contributed by atoms with Crippen LogP contribution in [-0.2, 0) is 11.3 Å². The highest BCUT2D eigenvalue weighted by Gasteiger charge is 2.26. The molecule has 3 amide bonds. The molecule has 5 nitrogen and oxygen atoms in total. The maximum atomic E-state index is 12.7. The van der Waals surface area contributed by atoms with E-state index in [1.807, 2.05) is 23.1 Å². The number of nitrogens with one attached hydrogen (secondary N) is 2. The third kappa shape index (κ3) is 4.81. The predicted octanol–water partition coefficient (Wildman–Crippen LogP) is 5.33. The first-order chi connectivity index (χ1) is 14.5. The van der Waals surface area contributed by atoms with Crippen molar-refractivity contribution in [3.05, 3.63) is 53.6 Å². The van der Waals surface area contributed by atoms with Crippen molar-refractivity contribution in [2.75, 3.05) is 16.0 Å². The molecular weight excluding hydrogens is 394 g/mol. The van der Waals surface area contributed by atoms with Gasteiger partial charge in [0.25, 0.3) is 0 Å². The van der Waals surface area contributed by atoms with Crippen LogP contribution in [0, 0.1) is 12.8 Å². The number of nitrogens with zero attached hydrogens (tertiary/aromatic N) is 1. The van der Waals surface area contributed by atoms with Crippen molar-refractivity contribution < 1.29 is 9.59 Å². The molecule has 1 aliphatic heterocycles. The molecule has 0 aromatic heterocycles. The topological polar surface area (TPSA) is 61.4 Å². The van der Waals surface area contributed by atoms with Crippen molar-refractivity contribution in [1.82, 2.24) is 5.32 Å². The molecule has 2 unspecified atom stereocenters. The molecule has 2 atom stereocenters. The number of hydrogen-bond donors (Lipinski definition) is 2. The van der Waals surface area contributed by atoms with Gasteiger partial charge < -0.3 is 15.5 Å². The Labute approximate surface area is 182 Å². The second-order valence-corrected chi connectivity index (χ2v) is 9.42. The van der Waals surface area contributed by atoms with E-state index >= 15 is 0 Å². The van der Waals surface area contributed by atoms with Gasteiger partial charge in [-0.1, -0.05) is 49.6 Å². The Morgan fingerprint density at radius 3 is 2.67 bits per heavy atom. The minimum atomic E-state index is -0.173. The number of benzene rings is 2. The van der Waals surface area contributed by atoms with Gasteiger partial charge in [-0.05, 0) is 49.4 Å². The largest absolute Gasteiger partial charge is 0.335 e. The highest BCUT2D eigenvalue weighted by Crippen LogP contribution is 2.38. The fourth-order valence-corrected chi connectivity index (χ4v) is 5.11. The number of amides is 3. The van der Waals surface area contributed by atoms with Gasteiger partial charge in [0, 0.05) is 16.6 Å². The summed E-state index contributed by atoms with van der Waals surface area (Å²) in [4.78, 5) is 28.1. The van der Waals surface area contributed by atoms with Crippen molar-refractivity contribution in [2.45, 2.75) is 57.0 Å². The van der Waals surface area contributed by atoms with Crippen molar-refractivity contribution in [3.8, 4) is 0 Å². The van der Waals surface area contributed by atoms with Gasteiger partial charge in [0.05, 0.1) is 18.0 Å². The molecule has 30 heavy (non-hydrogen) atoms. The minimum absolute atomic E-state index is 0.0886. The SMILES string of the molecule is Cc1ccc(CN2C(=O)CSc3ccc(NC(=O)NC4CCCCC4C)cc32)cc1. The fourth-order valence-electron chi connectivity index (χ4n) is 4.20. The average molecular weight is 424 g/mol. The first-order valence-electron chi connectivity index (χ1n) is 10.7. The lowest BCUT2D eigenvalue weighted by Gasteiger charge is -2.30. The number of aryl methyl sites for hydroxylation is 1. The molecular formula is C24H29N3O2S. The Bertz CT molecular complexity index is 929. The van der Waals surface area contributed by atoms with Crippen LogP contribution in [0.3, 0.4) is 0 Å². The van der Waals surface area contributed by atoms with Gasteiger partial charge in [-0.15, -0.1) is 11.8 Å². The Morgan fingerprint density at radius 1 is 1.13 bits per heavy atom. The molecule has 2 aromatic rings. The van der Waals surface area contributed by atoms with Crippen LogP contribution in [-0.4, -0.2) is 23.7 Å². The normalized spacial score (nSPS) is 21.1. The second kappa shape index (κ2) is 9.13. The molecule has 6 heteroatoms. The number of hydrogen-bond acceptors (Lipinski definition) is 3. The summed E-state index contributed by atoms with van der Waals surface area (Å²) in [6, 6.07) is 14.1. The van der Waals surface area contributed by atoms with Gasteiger partial charge >= 0.3 is 6.03 Å².